The number of hydrogen-bond donors (Lipinski definition) is 4. The topological polar surface area (TPSA) is 142 Å². The zero-order valence-electron chi connectivity index (χ0n) is 11.4. The van der Waals surface area contributed by atoms with Gasteiger partial charge in [0, 0.05) is 5.57 Å². The summed E-state index contributed by atoms with van der Waals surface area (Å²) in [5, 5.41) is 6.76. The molecule has 1 atom stereocenters. The van der Waals surface area contributed by atoms with Gasteiger partial charge in [-0.05, 0) is 13.0 Å². The van der Waals surface area contributed by atoms with E-state index >= 15 is 0 Å². The van der Waals surface area contributed by atoms with Crippen LogP contribution in [0, 0.1) is 0 Å². The van der Waals surface area contributed by atoms with Crippen molar-refractivity contribution < 1.29 is 27.4 Å². The Morgan fingerprint density at radius 1 is 1.29 bits per heavy atom. The van der Waals surface area contributed by atoms with Gasteiger partial charge in [0.25, 0.3) is 10.1 Å². The van der Waals surface area contributed by atoms with Gasteiger partial charge in [-0.1, -0.05) is 13.2 Å². The van der Waals surface area contributed by atoms with E-state index in [9.17, 15) is 22.8 Å². The Balaban J connectivity index is 4.69. The molecule has 0 fully saturated rings. The molecule has 0 saturated heterocycles. The van der Waals surface area contributed by atoms with Crippen molar-refractivity contribution in [3.63, 3.8) is 0 Å². The van der Waals surface area contributed by atoms with E-state index < -0.39 is 39.8 Å². The molecular formula is C11H17N3O6S. The Labute approximate surface area is 122 Å². The average Bonchev–Trinajstić information content (AvgIpc) is 2.32. The van der Waals surface area contributed by atoms with Crippen molar-refractivity contribution in [2.75, 3.05) is 12.3 Å². The second-order valence-electron chi connectivity index (χ2n) is 4.05. The summed E-state index contributed by atoms with van der Waals surface area (Å²) in [6.45, 7) is 7.87. The maximum Gasteiger partial charge on any atom is 0.274 e. The smallest absolute Gasteiger partial charge is 0.274 e. The van der Waals surface area contributed by atoms with Crippen molar-refractivity contribution in [3.8, 4) is 0 Å². The summed E-state index contributed by atoms with van der Waals surface area (Å²) in [4.78, 5) is 33.9. The van der Waals surface area contributed by atoms with Gasteiger partial charge in [0.2, 0.25) is 17.7 Å². The Morgan fingerprint density at radius 2 is 1.86 bits per heavy atom. The Hall–Kier alpha value is -2.20. The fourth-order valence-electron chi connectivity index (χ4n) is 1.12. The molecule has 0 radical (unpaired) electrons. The summed E-state index contributed by atoms with van der Waals surface area (Å²) in [7, 11) is -4.49. The lowest BCUT2D eigenvalue weighted by Gasteiger charge is -2.19. The number of carbonyl (C=O) groups is 3. The molecule has 0 heterocycles. The monoisotopic (exact) mass is 319 g/mol. The van der Waals surface area contributed by atoms with E-state index in [1.807, 2.05) is 0 Å². The molecule has 0 aliphatic carbocycles. The molecule has 118 valence electrons. The van der Waals surface area contributed by atoms with Crippen LogP contribution in [0.15, 0.2) is 24.8 Å². The van der Waals surface area contributed by atoms with Crippen molar-refractivity contribution >= 4 is 27.8 Å². The van der Waals surface area contributed by atoms with E-state index in [-0.39, 0.29) is 12.1 Å². The first-order chi connectivity index (χ1) is 9.55. The van der Waals surface area contributed by atoms with E-state index in [2.05, 4.69) is 29.1 Å². The molecule has 0 aliphatic heterocycles. The molecule has 0 saturated carbocycles. The van der Waals surface area contributed by atoms with Gasteiger partial charge in [0.1, 0.15) is 6.17 Å². The normalized spacial score (nSPS) is 11.9. The number of amides is 3. The van der Waals surface area contributed by atoms with Gasteiger partial charge >= 0.3 is 0 Å². The average molecular weight is 319 g/mol. The highest BCUT2D eigenvalue weighted by atomic mass is 32.2. The molecule has 3 amide bonds. The van der Waals surface area contributed by atoms with Crippen molar-refractivity contribution in [2.24, 2.45) is 0 Å². The highest BCUT2D eigenvalue weighted by molar-refractivity contribution is 7.86. The summed E-state index contributed by atoms with van der Waals surface area (Å²) in [5.41, 5.74) is 0.216. The minimum atomic E-state index is -4.49. The van der Waals surface area contributed by atoms with Gasteiger partial charge in [-0.2, -0.15) is 8.42 Å². The largest absolute Gasteiger partial charge is 0.348 e. The molecule has 0 spiro atoms. The molecule has 0 aromatic heterocycles. The standard InChI is InChI=1S/C11H17N3O6S/c1-4-9(15)13-8(5-12-11(17)7(2)3)14-10(16)6-21(18,19)20/h4,8H,1-2,5-6H2,3H3,(H,12,17)(H,13,15)(H,14,16)(H,18,19,20). The van der Waals surface area contributed by atoms with Crippen molar-refractivity contribution in [3.05, 3.63) is 24.8 Å². The summed E-state index contributed by atoms with van der Waals surface area (Å²) >= 11 is 0. The van der Waals surface area contributed by atoms with Gasteiger partial charge in [0.15, 0.2) is 5.75 Å². The van der Waals surface area contributed by atoms with Gasteiger partial charge in [-0.25, -0.2) is 0 Å². The Bertz CT molecular complexity index is 554. The van der Waals surface area contributed by atoms with E-state index in [0.29, 0.717) is 0 Å². The lowest BCUT2D eigenvalue weighted by Crippen LogP contribution is -2.54. The number of rotatable bonds is 8. The van der Waals surface area contributed by atoms with E-state index in [4.69, 9.17) is 4.55 Å². The lowest BCUT2D eigenvalue weighted by molar-refractivity contribution is -0.122. The van der Waals surface area contributed by atoms with Crippen LogP contribution >= 0.6 is 0 Å². The van der Waals surface area contributed by atoms with E-state index in [1.165, 1.54) is 6.92 Å². The fraction of sp³-hybridized carbons (Fsp3) is 0.364. The van der Waals surface area contributed by atoms with Crippen LogP contribution in [0.1, 0.15) is 6.92 Å². The van der Waals surface area contributed by atoms with Crippen LogP contribution in [0.2, 0.25) is 0 Å². The molecule has 0 aliphatic rings. The van der Waals surface area contributed by atoms with Crippen LogP contribution in [0.4, 0.5) is 0 Å². The van der Waals surface area contributed by atoms with Gasteiger partial charge in [-0.15, -0.1) is 0 Å². The van der Waals surface area contributed by atoms with Crippen molar-refractivity contribution in [1.82, 2.24) is 16.0 Å². The van der Waals surface area contributed by atoms with Crippen LogP contribution in [-0.2, 0) is 24.5 Å². The van der Waals surface area contributed by atoms with Crippen LogP contribution in [0.3, 0.4) is 0 Å². The molecule has 0 rings (SSSR count). The van der Waals surface area contributed by atoms with Gasteiger partial charge in [-0.3, -0.25) is 18.9 Å². The predicted octanol–water partition coefficient (Wildman–Crippen LogP) is -1.69. The molecule has 0 aromatic rings. The first-order valence-corrected chi connectivity index (χ1v) is 7.27. The summed E-state index contributed by atoms with van der Waals surface area (Å²) in [5.74, 6) is -3.35. The maximum atomic E-state index is 11.4. The molecule has 4 N–H and O–H groups in total. The Morgan fingerprint density at radius 3 is 2.29 bits per heavy atom. The van der Waals surface area contributed by atoms with Crippen LogP contribution in [0.5, 0.6) is 0 Å². The van der Waals surface area contributed by atoms with E-state index in [0.717, 1.165) is 6.08 Å². The van der Waals surface area contributed by atoms with Crippen molar-refractivity contribution in [1.29, 1.82) is 0 Å². The highest BCUT2D eigenvalue weighted by Gasteiger charge is 2.19. The summed E-state index contributed by atoms with van der Waals surface area (Å²) in [6, 6.07) is 0. The lowest BCUT2D eigenvalue weighted by atomic mass is 10.3. The summed E-state index contributed by atoms with van der Waals surface area (Å²) in [6.07, 6.45) is -0.143. The second-order valence-corrected chi connectivity index (χ2v) is 5.50. The minimum absolute atomic E-state index is 0.206. The number of carbonyl (C=O) groups excluding carboxylic acids is 3. The molecular weight excluding hydrogens is 302 g/mol. The maximum absolute atomic E-state index is 11.4. The molecule has 9 nitrogen and oxygen atoms in total. The fourth-order valence-corrected chi connectivity index (χ4v) is 1.53. The zero-order chi connectivity index (χ0) is 16.6. The molecule has 1 unspecified atom stereocenters. The molecule has 0 bridgehead atoms. The third kappa shape index (κ3) is 9.35. The highest BCUT2D eigenvalue weighted by Crippen LogP contribution is 1.88. The second kappa shape index (κ2) is 8.17. The first-order valence-electron chi connectivity index (χ1n) is 5.66. The minimum Gasteiger partial charge on any atom is -0.348 e. The van der Waals surface area contributed by atoms with Gasteiger partial charge in [0.05, 0.1) is 6.54 Å². The van der Waals surface area contributed by atoms with Gasteiger partial charge < -0.3 is 16.0 Å². The third-order valence-electron chi connectivity index (χ3n) is 2.00. The third-order valence-corrected chi connectivity index (χ3v) is 2.63. The molecule has 10 heteroatoms. The van der Waals surface area contributed by atoms with E-state index in [1.54, 1.807) is 0 Å². The SMILES string of the molecule is C=CC(=O)NC(CNC(=O)C(=C)C)NC(=O)CS(=O)(=O)O. The molecule has 21 heavy (non-hydrogen) atoms. The predicted molar refractivity (Wildman–Crippen MR) is 74.5 cm³/mol. The quantitative estimate of drug-likeness (QED) is 0.239. The van der Waals surface area contributed by atoms with Crippen molar-refractivity contribution in [2.45, 2.75) is 13.1 Å². The number of nitrogens with one attached hydrogen (secondary N) is 3. The number of hydrogen-bond acceptors (Lipinski definition) is 5. The van der Waals surface area contributed by atoms with Crippen LogP contribution < -0.4 is 16.0 Å². The zero-order valence-corrected chi connectivity index (χ0v) is 12.2. The Kier molecular flexibility index (Phi) is 7.31. The summed E-state index contributed by atoms with van der Waals surface area (Å²) < 4.78 is 29.7. The molecule has 0 aromatic carbocycles. The van der Waals surface area contributed by atoms with Crippen LogP contribution in [0.25, 0.3) is 0 Å². The van der Waals surface area contributed by atoms with Crippen LogP contribution in [-0.4, -0.2) is 49.2 Å². The first kappa shape index (κ1) is 18.8.